The molecule has 0 saturated carbocycles. The van der Waals surface area contributed by atoms with Gasteiger partial charge in [-0.25, -0.2) is 4.98 Å². The Balaban J connectivity index is 3.09. The highest BCUT2D eigenvalue weighted by molar-refractivity contribution is 7.75. The van der Waals surface area contributed by atoms with Gasteiger partial charge in [-0.05, 0) is 18.6 Å². The summed E-state index contributed by atoms with van der Waals surface area (Å²) in [6, 6.07) is 3.47. The zero-order valence-corrected chi connectivity index (χ0v) is 11.7. The molecule has 1 heterocycles. The van der Waals surface area contributed by atoms with E-state index < -0.39 is 20.3 Å². The third-order valence-electron chi connectivity index (χ3n) is 2.18. The SMILES string of the molecule is Cc1cccnc1NC(P(C)(=O)O)P(C)(=O)O. The summed E-state index contributed by atoms with van der Waals surface area (Å²) in [4.78, 5) is 23.0. The van der Waals surface area contributed by atoms with Crippen LogP contribution in [0.4, 0.5) is 5.82 Å². The van der Waals surface area contributed by atoms with Crippen LogP contribution in [-0.2, 0) is 9.13 Å². The van der Waals surface area contributed by atoms with Gasteiger partial charge in [0.25, 0.3) is 0 Å². The van der Waals surface area contributed by atoms with Gasteiger partial charge in [-0.3, -0.25) is 9.13 Å². The van der Waals surface area contributed by atoms with E-state index in [1.54, 1.807) is 19.1 Å². The molecule has 0 spiro atoms. The Bertz CT molecular complexity index is 472. The number of rotatable bonds is 4. The topological polar surface area (TPSA) is 99.5 Å². The van der Waals surface area contributed by atoms with Crippen molar-refractivity contribution in [2.24, 2.45) is 0 Å². The third-order valence-corrected chi connectivity index (χ3v) is 6.83. The molecule has 2 atom stereocenters. The predicted molar refractivity (Wildman–Crippen MR) is 67.9 cm³/mol. The maximum atomic E-state index is 11.6. The van der Waals surface area contributed by atoms with Crippen LogP contribution in [0.5, 0.6) is 0 Å². The lowest BCUT2D eigenvalue weighted by Crippen LogP contribution is -2.20. The Kier molecular flexibility index (Phi) is 4.15. The van der Waals surface area contributed by atoms with Crippen LogP contribution >= 0.6 is 14.7 Å². The van der Waals surface area contributed by atoms with Gasteiger partial charge in [-0.1, -0.05) is 6.07 Å². The highest BCUT2D eigenvalue weighted by atomic mass is 31.2. The average molecular weight is 278 g/mol. The summed E-state index contributed by atoms with van der Waals surface area (Å²) >= 11 is 0. The number of aryl methyl sites for hydroxylation is 1. The van der Waals surface area contributed by atoms with E-state index in [0.29, 0.717) is 5.82 Å². The Hall–Kier alpha value is -0.670. The van der Waals surface area contributed by atoms with Gasteiger partial charge in [0.15, 0.2) is 5.52 Å². The number of aromatic nitrogens is 1. The summed E-state index contributed by atoms with van der Waals surface area (Å²) in [6.45, 7) is 3.85. The monoisotopic (exact) mass is 278 g/mol. The summed E-state index contributed by atoms with van der Waals surface area (Å²) in [6.07, 6.45) is 1.50. The molecule has 3 N–H and O–H groups in total. The number of nitrogens with one attached hydrogen (secondary N) is 1. The van der Waals surface area contributed by atoms with E-state index in [1.165, 1.54) is 6.20 Å². The van der Waals surface area contributed by atoms with E-state index in [1.807, 2.05) is 0 Å². The largest absolute Gasteiger partial charge is 0.350 e. The van der Waals surface area contributed by atoms with E-state index in [4.69, 9.17) is 0 Å². The van der Waals surface area contributed by atoms with Crippen LogP contribution in [-0.4, -0.2) is 33.6 Å². The summed E-state index contributed by atoms with van der Waals surface area (Å²) < 4.78 is 23.2. The predicted octanol–water partition coefficient (Wildman–Crippen LogP) is 1.89. The van der Waals surface area contributed by atoms with E-state index >= 15 is 0 Å². The molecule has 0 aliphatic rings. The molecule has 6 nitrogen and oxygen atoms in total. The van der Waals surface area contributed by atoms with Crippen LogP contribution in [0.25, 0.3) is 0 Å². The maximum Gasteiger partial charge on any atom is 0.228 e. The van der Waals surface area contributed by atoms with Crippen molar-refractivity contribution < 1.29 is 18.9 Å². The fraction of sp³-hybridized carbons (Fsp3) is 0.444. The first-order valence-electron chi connectivity index (χ1n) is 4.90. The molecule has 2 unspecified atom stereocenters. The van der Waals surface area contributed by atoms with E-state index in [9.17, 15) is 18.9 Å². The summed E-state index contributed by atoms with van der Waals surface area (Å²) in [5, 5.41) is 2.59. The molecule has 0 fully saturated rings. The number of pyridine rings is 1. The van der Waals surface area contributed by atoms with Gasteiger partial charge < -0.3 is 15.1 Å². The van der Waals surface area contributed by atoms with Gasteiger partial charge in [-0.15, -0.1) is 0 Å². The second kappa shape index (κ2) is 4.91. The van der Waals surface area contributed by atoms with Crippen molar-refractivity contribution in [2.75, 3.05) is 18.6 Å². The molecule has 8 heteroatoms. The molecule has 0 bridgehead atoms. The Labute approximate surface area is 100 Å². The molecule has 0 aliphatic carbocycles. The van der Waals surface area contributed by atoms with Crippen molar-refractivity contribution in [2.45, 2.75) is 12.4 Å². The molecule has 0 aromatic carbocycles. The first-order chi connectivity index (χ1) is 7.62. The number of hydrogen-bond acceptors (Lipinski definition) is 4. The zero-order chi connectivity index (χ0) is 13.3. The average Bonchev–Trinajstić information content (AvgIpc) is 2.12. The number of anilines is 1. The highest BCUT2D eigenvalue weighted by Crippen LogP contribution is 2.60. The summed E-state index contributed by atoms with van der Waals surface area (Å²) in [7, 11) is -7.49. The normalized spacial score (nSPS) is 20.1. The van der Waals surface area contributed by atoms with Gasteiger partial charge in [0.05, 0.1) is 0 Å². The minimum atomic E-state index is -3.75. The lowest BCUT2D eigenvalue weighted by atomic mass is 10.3. The lowest BCUT2D eigenvalue weighted by molar-refractivity contribution is 0.461. The van der Waals surface area contributed by atoms with Crippen molar-refractivity contribution in [3.63, 3.8) is 0 Å². The zero-order valence-electron chi connectivity index (χ0n) is 9.86. The van der Waals surface area contributed by atoms with Crippen LogP contribution in [0.1, 0.15) is 5.56 Å². The third kappa shape index (κ3) is 3.93. The summed E-state index contributed by atoms with van der Waals surface area (Å²) in [5.41, 5.74) is -0.664. The van der Waals surface area contributed by atoms with Crippen LogP contribution in [0.3, 0.4) is 0 Å². The first-order valence-corrected chi connectivity index (χ1v) is 9.25. The smallest absolute Gasteiger partial charge is 0.228 e. The first kappa shape index (κ1) is 14.4. The van der Waals surface area contributed by atoms with Crippen LogP contribution in [0.2, 0.25) is 0 Å². The molecule has 1 rings (SSSR count). The molecular weight excluding hydrogens is 262 g/mol. The van der Waals surface area contributed by atoms with E-state index in [2.05, 4.69) is 10.3 Å². The second-order valence-corrected chi connectivity index (χ2v) is 9.29. The standard InChI is InChI=1S/C9H16N2O4P2/c1-7-5-4-6-10-8(7)11-9(16(2,12)13)17(3,14)15/h4-6,9H,1-3H3,(H,10,11)(H,12,13)(H,14,15). The Morgan fingerprint density at radius 2 is 1.82 bits per heavy atom. The second-order valence-electron chi connectivity index (χ2n) is 4.07. The van der Waals surface area contributed by atoms with Crippen LogP contribution in [0, 0.1) is 6.92 Å². The van der Waals surface area contributed by atoms with E-state index in [-0.39, 0.29) is 0 Å². The molecule has 0 saturated heterocycles. The maximum absolute atomic E-state index is 11.6. The molecule has 0 radical (unpaired) electrons. The summed E-state index contributed by atoms with van der Waals surface area (Å²) in [5.74, 6) is 0.338. The quantitative estimate of drug-likeness (QED) is 0.727. The van der Waals surface area contributed by atoms with Gasteiger partial charge in [-0.2, -0.15) is 0 Å². The van der Waals surface area contributed by atoms with Gasteiger partial charge in [0.2, 0.25) is 14.7 Å². The van der Waals surface area contributed by atoms with Crippen molar-refractivity contribution in [3.05, 3.63) is 23.9 Å². The highest BCUT2D eigenvalue weighted by Gasteiger charge is 2.38. The molecule has 1 aromatic rings. The minimum Gasteiger partial charge on any atom is -0.350 e. The molecule has 1 aromatic heterocycles. The Morgan fingerprint density at radius 3 is 2.24 bits per heavy atom. The molecule has 96 valence electrons. The van der Waals surface area contributed by atoms with Crippen LogP contribution in [0.15, 0.2) is 18.3 Å². The lowest BCUT2D eigenvalue weighted by Gasteiger charge is -2.24. The Morgan fingerprint density at radius 1 is 1.29 bits per heavy atom. The molecule has 17 heavy (non-hydrogen) atoms. The van der Waals surface area contributed by atoms with E-state index in [0.717, 1.165) is 18.9 Å². The van der Waals surface area contributed by atoms with Crippen molar-refractivity contribution in [3.8, 4) is 0 Å². The van der Waals surface area contributed by atoms with Crippen molar-refractivity contribution in [1.82, 2.24) is 4.98 Å². The van der Waals surface area contributed by atoms with Gasteiger partial charge in [0.1, 0.15) is 5.82 Å². The number of hydrogen-bond donors (Lipinski definition) is 3. The van der Waals surface area contributed by atoms with Crippen molar-refractivity contribution >= 4 is 20.6 Å². The minimum absolute atomic E-state index is 0.338. The van der Waals surface area contributed by atoms with Gasteiger partial charge >= 0.3 is 0 Å². The van der Waals surface area contributed by atoms with Crippen molar-refractivity contribution in [1.29, 1.82) is 0 Å². The molecular formula is C9H16N2O4P2. The van der Waals surface area contributed by atoms with Crippen LogP contribution < -0.4 is 5.32 Å². The fourth-order valence-electron chi connectivity index (χ4n) is 1.40. The van der Waals surface area contributed by atoms with Gasteiger partial charge in [0, 0.05) is 19.5 Å². The molecule has 0 amide bonds. The fourth-order valence-corrected chi connectivity index (χ4v) is 5.30. The molecule has 0 aliphatic heterocycles. The number of nitrogens with zero attached hydrogens (tertiary/aromatic N) is 1.